The molecule has 2 heterocycles. The van der Waals surface area contributed by atoms with E-state index in [4.69, 9.17) is 0 Å². The average molecular weight is 445 g/mol. The Morgan fingerprint density at radius 1 is 0.909 bits per heavy atom. The Kier molecular flexibility index (Phi) is 7.31. The van der Waals surface area contributed by atoms with Crippen LogP contribution in [0, 0.1) is 13.8 Å². The molecule has 33 heavy (non-hydrogen) atoms. The maximum Gasteiger partial charge on any atom is 0.271 e. The minimum absolute atomic E-state index is 0.141. The van der Waals surface area contributed by atoms with Gasteiger partial charge in [0, 0.05) is 57.6 Å². The third kappa shape index (κ3) is 5.55. The molecule has 1 amide bonds. The van der Waals surface area contributed by atoms with Gasteiger partial charge in [-0.25, -0.2) is 0 Å². The molecule has 1 saturated heterocycles. The smallest absolute Gasteiger partial charge is 0.271 e. The molecule has 1 fully saturated rings. The van der Waals surface area contributed by atoms with E-state index in [-0.39, 0.29) is 5.91 Å². The lowest BCUT2D eigenvalue weighted by Crippen LogP contribution is -2.50. The van der Waals surface area contributed by atoms with E-state index >= 15 is 0 Å². The van der Waals surface area contributed by atoms with E-state index in [1.165, 1.54) is 11.1 Å². The molecular weight excluding hydrogens is 408 g/mol. The Balaban J connectivity index is 1.63. The summed E-state index contributed by atoms with van der Waals surface area (Å²) in [5.41, 5.74) is 6.54. The molecule has 0 aliphatic carbocycles. The number of rotatable bonds is 7. The van der Waals surface area contributed by atoms with Gasteiger partial charge in [-0.15, -0.1) is 0 Å². The van der Waals surface area contributed by atoms with Crippen LogP contribution < -0.4 is 0 Å². The summed E-state index contributed by atoms with van der Waals surface area (Å²) in [5, 5.41) is 0. The van der Waals surface area contributed by atoms with E-state index in [0.29, 0.717) is 6.54 Å². The normalized spacial score (nSPS) is 14.8. The van der Waals surface area contributed by atoms with E-state index in [1.54, 1.807) is 0 Å². The summed E-state index contributed by atoms with van der Waals surface area (Å²) in [5.74, 6) is 0.141. The van der Waals surface area contributed by atoms with Crippen molar-refractivity contribution in [2.75, 3.05) is 53.4 Å². The highest BCUT2D eigenvalue weighted by atomic mass is 16.2. The maximum absolute atomic E-state index is 13.9. The lowest BCUT2D eigenvalue weighted by Gasteiger charge is -2.35. The molecule has 5 nitrogen and oxygen atoms in total. The summed E-state index contributed by atoms with van der Waals surface area (Å²) in [4.78, 5) is 20.6. The molecule has 5 heteroatoms. The largest absolute Gasteiger partial charge is 0.338 e. The van der Waals surface area contributed by atoms with Crippen molar-refractivity contribution >= 4 is 5.91 Å². The third-order valence-corrected chi connectivity index (χ3v) is 6.53. The second-order valence-electron chi connectivity index (χ2n) is 9.45. The van der Waals surface area contributed by atoms with Gasteiger partial charge >= 0.3 is 0 Å². The molecule has 0 radical (unpaired) electrons. The minimum atomic E-state index is 0.141. The highest BCUT2D eigenvalue weighted by molar-refractivity contribution is 6.00. The van der Waals surface area contributed by atoms with Gasteiger partial charge in [0.2, 0.25) is 0 Å². The first-order valence-electron chi connectivity index (χ1n) is 11.9. The molecule has 0 spiro atoms. The predicted octanol–water partition coefficient (Wildman–Crippen LogP) is 4.14. The fourth-order valence-electron chi connectivity index (χ4n) is 4.58. The summed E-state index contributed by atoms with van der Waals surface area (Å²) in [6.45, 7) is 10.4. The van der Waals surface area contributed by atoms with Crippen molar-refractivity contribution in [3.8, 4) is 11.1 Å². The monoisotopic (exact) mass is 444 g/mol. The SMILES string of the molecule is Cc1ccc(-c2c(C)cn(Cc3ccccc3)c2C(=O)N2CCN(CCN(C)C)CC2)cc1. The molecule has 2 aromatic carbocycles. The van der Waals surface area contributed by atoms with Crippen LogP contribution in [0.15, 0.2) is 60.8 Å². The first-order valence-corrected chi connectivity index (χ1v) is 11.9. The number of amides is 1. The molecule has 174 valence electrons. The molecule has 1 aliphatic rings. The fraction of sp³-hybridized carbons (Fsp3) is 0.393. The van der Waals surface area contributed by atoms with Crippen LogP contribution in [0.5, 0.6) is 0 Å². The molecule has 1 aromatic heterocycles. The first-order chi connectivity index (χ1) is 15.9. The van der Waals surface area contributed by atoms with Crippen molar-refractivity contribution in [1.82, 2.24) is 19.3 Å². The third-order valence-electron chi connectivity index (χ3n) is 6.53. The van der Waals surface area contributed by atoms with Crippen LogP contribution in [-0.2, 0) is 6.54 Å². The topological polar surface area (TPSA) is 31.7 Å². The zero-order valence-electron chi connectivity index (χ0n) is 20.4. The fourth-order valence-corrected chi connectivity index (χ4v) is 4.58. The Bertz CT molecular complexity index is 1060. The number of aryl methyl sites for hydroxylation is 2. The van der Waals surface area contributed by atoms with Crippen molar-refractivity contribution in [2.24, 2.45) is 0 Å². The quantitative estimate of drug-likeness (QED) is 0.549. The van der Waals surface area contributed by atoms with Crippen LogP contribution in [-0.4, -0.2) is 78.5 Å². The summed E-state index contributed by atoms with van der Waals surface area (Å²) >= 11 is 0. The number of aromatic nitrogens is 1. The second-order valence-corrected chi connectivity index (χ2v) is 9.45. The minimum Gasteiger partial charge on any atom is -0.338 e. The van der Waals surface area contributed by atoms with Crippen molar-refractivity contribution in [1.29, 1.82) is 0 Å². The molecule has 0 bridgehead atoms. The van der Waals surface area contributed by atoms with Crippen molar-refractivity contribution in [3.63, 3.8) is 0 Å². The van der Waals surface area contributed by atoms with Crippen molar-refractivity contribution < 1.29 is 4.79 Å². The Hall–Kier alpha value is -2.89. The molecule has 0 atom stereocenters. The van der Waals surface area contributed by atoms with Crippen LogP contribution in [0.4, 0.5) is 0 Å². The number of benzene rings is 2. The number of nitrogens with zero attached hydrogens (tertiary/aromatic N) is 4. The summed E-state index contributed by atoms with van der Waals surface area (Å²) in [6, 6.07) is 18.9. The van der Waals surface area contributed by atoms with Crippen molar-refractivity contribution in [2.45, 2.75) is 20.4 Å². The highest BCUT2D eigenvalue weighted by Gasteiger charge is 2.28. The van der Waals surface area contributed by atoms with Crippen LogP contribution in [0.1, 0.15) is 27.2 Å². The molecule has 4 rings (SSSR count). The molecule has 0 N–H and O–H groups in total. The number of likely N-dealkylation sites (N-methyl/N-ethyl adjacent to an activating group) is 1. The predicted molar refractivity (Wildman–Crippen MR) is 136 cm³/mol. The van der Waals surface area contributed by atoms with E-state index in [9.17, 15) is 4.79 Å². The van der Waals surface area contributed by atoms with Gasteiger partial charge in [0.1, 0.15) is 5.69 Å². The summed E-state index contributed by atoms with van der Waals surface area (Å²) < 4.78 is 2.15. The second kappa shape index (κ2) is 10.4. The number of carbonyl (C=O) groups excluding carboxylic acids is 1. The molecule has 3 aromatic rings. The van der Waals surface area contributed by atoms with Gasteiger partial charge in [-0.1, -0.05) is 60.2 Å². The van der Waals surface area contributed by atoms with E-state index in [1.807, 2.05) is 11.0 Å². The Labute approximate surface area is 198 Å². The first kappa shape index (κ1) is 23.3. The van der Waals surface area contributed by atoms with Gasteiger partial charge < -0.3 is 14.4 Å². The van der Waals surface area contributed by atoms with Gasteiger partial charge in [0.15, 0.2) is 0 Å². The Morgan fingerprint density at radius 2 is 1.58 bits per heavy atom. The standard InChI is InChI=1S/C28H36N4O/c1-22-10-12-25(13-11-22)26-23(2)20-32(21-24-8-6-5-7-9-24)27(26)28(33)31-18-16-30(17-19-31)15-14-29(3)4/h5-13,20H,14-19,21H2,1-4H3. The van der Waals surface area contributed by atoms with Crippen LogP contribution in [0.3, 0.4) is 0 Å². The zero-order chi connectivity index (χ0) is 23.4. The number of carbonyl (C=O) groups is 1. The number of piperazine rings is 1. The van der Waals surface area contributed by atoms with Gasteiger partial charge in [-0.3, -0.25) is 9.69 Å². The van der Waals surface area contributed by atoms with Gasteiger partial charge in [0.25, 0.3) is 5.91 Å². The molecule has 0 saturated carbocycles. The van der Waals surface area contributed by atoms with Crippen LogP contribution >= 0.6 is 0 Å². The van der Waals surface area contributed by atoms with E-state index in [2.05, 4.69) is 97.0 Å². The number of hydrogen-bond donors (Lipinski definition) is 0. The van der Waals surface area contributed by atoms with Crippen LogP contribution in [0.2, 0.25) is 0 Å². The molecule has 1 aliphatic heterocycles. The van der Waals surface area contributed by atoms with Gasteiger partial charge in [0.05, 0.1) is 0 Å². The molecular formula is C28H36N4O. The summed E-state index contributed by atoms with van der Waals surface area (Å²) in [6.07, 6.45) is 2.14. The Morgan fingerprint density at radius 3 is 2.21 bits per heavy atom. The molecule has 0 unspecified atom stereocenters. The maximum atomic E-state index is 13.9. The average Bonchev–Trinajstić information content (AvgIpc) is 3.14. The lowest BCUT2D eigenvalue weighted by molar-refractivity contribution is 0.0620. The lowest BCUT2D eigenvalue weighted by atomic mass is 10.00. The highest BCUT2D eigenvalue weighted by Crippen LogP contribution is 2.31. The van der Waals surface area contributed by atoms with E-state index < -0.39 is 0 Å². The number of hydrogen-bond acceptors (Lipinski definition) is 3. The van der Waals surface area contributed by atoms with Gasteiger partial charge in [-0.05, 0) is 44.6 Å². The van der Waals surface area contributed by atoms with Gasteiger partial charge in [-0.2, -0.15) is 0 Å². The van der Waals surface area contributed by atoms with Crippen molar-refractivity contribution in [3.05, 3.63) is 83.2 Å². The zero-order valence-corrected chi connectivity index (χ0v) is 20.4. The van der Waals surface area contributed by atoms with E-state index in [0.717, 1.165) is 61.7 Å². The summed E-state index contributed by atoms with van der Waals surface area (Å²) in [7, 11) is 4.21. The van der Waals surface area contributed by atoms with Crippen LogP contribution in [0.25, 0.3) is 11.1 Å².